The van der Waals surface area contributed by atoms with Gasteiger partial charge in [0.05, 0.1) is 7.11 Å². The van der Waals surface area contributed by atoms with Crippen molar-refractivity contribution in [1.29, 1.82) is 0 Å². The number of carbonyl (C=O) groups excluding carboxylic acids is 1. The summed E-state index contributed by atoms with van der Waals surface area (Å²) in [6, 6.07) is 15.8. The van der Waals surface area contributed by atoms with E-state index < -0.39 is 0 Å². The number of rotatable bonds is 8. The number of amides is 1. The van der Waals surface area contributed by atoms with Gasteiger partial charge in [-0.1, -0.05) is 31.2 Å². The molecule has 2 aromatic rings. The first-order valence-corrected chi connectivity index (χ1v) is 8.38. The second-order valence-electron chi connectivity index (χ2n) is 5.81. The lowest BCUT2D eigenvalue weighted by atomic mass is 10.1. The van der Waals surface area contributed by atoms with Gasteiger partial charge in [0.2, 0.25) is 5.91 Å². The quantitative estimate of drug-likeness (QED) is 0.781. The number of anilines is 1. The Labute approximate surface area is 144 Å². The molecule has 0 saturated carbocycles. The van der Waals surface area contributed by atoms with E-state index in [4.69, 9.17) is 4.74 Å². The Morgan fingerprint density at radius 2 is 1.88 bits per heavy atom. The normalized spacial score (nSPS) is 11.6. The van der Waals surface area contributed by atoms with Crippen LogP contribution >= 0.6 is 0 Å². The minimum Gasteiger partial charge on any atom is -0.497 e. The summed E-state index contributed by atoms with van der Waals surface area (Å²) in [6.07, 6.45) is 1.78. The van der Waals surface area contributed by atoms with E-state index >= 15 is 0 Å². The highest BCUT2D eigenvalue weighted by Gasteiger charge is 2.12. The van der Waals surface area contributed by atoms with Gasteiger partial charge in [0, 0.05) is 12.2 Å². The summed E-state index contributed by atoms with van der Waals surface area (Å²) < 4.78 is 5.14. The molecule has 0 radical (unpaired) electrons. The van der Waals surface area contributed by atoms with Crippen molar-refractivity contribution < 1.29 is 9.53 Å². The third-order valence-electron chi connectivity index (χ3n) is 3.98. The Hall–Kier alpha value is -2.49. The van der Waals surface area contributed by atoms with Crippen LogP contribution in [0.1, 0.15) is 25.0 Å². The van der Waals surface area contributed by atoms with Crippen LogP contribution in [0.15, 0.2) is 48.5 Å². The van der Waals surface area contributed by atoms with E-state index in [0.717, 1.165) is 24.3 Å². The van der Waals surface area contributed by atoms with Crippen LogP contribution in [-0.4, -0.2) is 25.6 Å². The molecule has 2 aromatic carbocycles. The van der Waals surface area contributed by atoms with Gasteiger partial charge < -0.3 is 15.4 Å². The summed E-state index contributed by atoms with van der Waals surface area (Å²) >= 11 is 0. The van der Waals surface area contributed by atoms with Crippen molar-refractivity contribution in [3.8, 4) is 5.75 Å². The van der Waals surface area contributed by atoms with Crippen molar-refractivity contribution >= 4 is 11.6 Å². The van der Waals surface area contributed by atoms with Crippen LogP contribution in [0.4, 0.5) is 5.69 Å². The van der Waals surface area contributed by atoms with Crippen LogP contribution in [-0.2, 0) is 17.6 Å². The summed E-state index contributed by atoms with van der Waals surface area (Å²) in [5, 5.41) is 6.23. The average Bonchev–Trinajstić information content (AvgIpc) is 2.62. The fourth-order valence-electron chi connectivity index (χ4n) is 2.47. The number of ether oxygens (including phenoxy) is 1. The van der Waals surface area contributed by atoms with E-state index in [1.807, 2.05) is 43.3 Å². The molecule has 0 aliphatic rings. The van der Waals surface area contributed by atoms with E-state index in [9.17, 15) is 4.79 Å². The van der Waals surface area contributed by atoms with Crippen molar-refractivity contribution in [1.82, 2.24) is 5.32 Å². The first kappa shape index (κ1) is 17.9. The predicted octanol–water partition coefficient (Wildman–Crippen LogP) is 3.42. The maximum Gasteiger partial charge on any atom is 0.242 e. The van der Waals surface area contributed by atoms with E-state index in [0.29, 0.717) is 6.54 Å². The van der Waals surface area contributed by atoms with Gasteiger partial charge in [0.25, 0.3) is 0 Å². The van der Waals surface area contributed by atoms with Gasteiger partial charge in [-0.3, -0.25) is 4.79 Å². The highest BCUT2D eigenvalue weighted by Crippen LogP contribution is 2.13. The Kier molecular flexibility index (Phi) is 6.67. The van der Waals surface area contributed by atoms with Crippen molar-refractivity contribution in [2.45, 2.75) is 32.7 Å². The van der Waals surface area contributed by atoms with Crippen LogP contribution in [0.25, 0.3) is 0 Å². The summed E-state index contributed by atoms with van der Waals surface area (Å²) in [7, 11) is 1.65. The van der Waals surface area contributed by atoms with Gasteiger partial charge in [0.15, 0.2) is 0 Å². The molecule has 4 nitrogen and oxygen atoms in total. The van der Waals surface area contributed by atoms with Crippen LogP contribution in [0.2, 0.25) is 0 Å². The number of aryl methyl sites for hydroxylation is 1. The highest BCUT2D eigenvalue weighted by atomic mass is 16.5. The van der Waals surface area contributed by atoms with E-state index in [1.54, 1.807) is 7.11 Å². The molecule has 24 heavy (non-hydrogen) atoms. The number of methoxy groups -OCH3 is 1. The number of hydrogen-bond donors (Lipinski definition) is 2. The summed E-state index contributed by atoms with van der Waals surface area (Å²) in [4.78, 5) is 12.2. The summed E-state index contributed by atoms with van der Waals surface area (Å²) in [5.74, 6) is 0.848. The standard InChI is InChI=1S/C20H26N2O2/c1-4-16-6-5-7-18(14-16)22-15(2)20(23)21-13-12-17-8-10-19(24-3)11-9-17/h5-11,14-15,22H,4,12-13H2,1-3H3,(H,21,23). The van der Waals surface area contributed by atoms with Crippen molar-refractivity contribution in [2.75, 3.05) is 19.0 Å². The van der Waals surface area contributed by atoms with E-state index in [2.05, 4.69) is 29.7 Å². The molecule has 1 atom stereocenters. The fourth-order valence-corrected chi connectivity index (χ4v) is 2.47. The first-order chi connectivity index (χ1) is 11.6. The van der Waals surface area contributed by atoms with Crippen molar-refractivity contribution in [2.24, 2.45) is 0 Å². The minimum atomic E-state index is -0.270. The van der Waals surface area contributed by atoms with Gasteiger partial charge in [-0.15, -0.1) is 0 Å². The minimum absolute atomic E-state index is 0.00501. The second kappa shape index (κ2) is 8.96. The molecule has 1 amide bonds. The number of benzene rings is 2. The Bertz CT molecular complexity index is 653. The first-order valence-electron chi connectivity index (χ1n) is 8.38. The van der Waals surface area contributed by atoms with Crippen molar-refractivity contribution in [3.05, 3.63) is 59.7 Å². The van der Waals surface area contributed by atoms with Gasteiger partial charge in [-0.25, -0.2) is 0 Å². The molecule has 0 bridgehead atoms. The Morgan fingerprint density at radius 1 is 1.12 bits per heavy atom. The lowest BCUT2D eigenvalue weighted by Crippen LogP contribution is -2.38. The number of carbonyl (C=O) groups is 1. The lowest BCUT2D eigenvalue weighted by molar-refractivity contribution is -0.121. The van der Waals surface area contributed by atoms with Gasteiger partial charge in [0.1, 0.15) is 11.8 Å². The molecular weight excluding hydrogens is 300 g/mol. The molecule has 2 N–H and O–H groups in total. The third kappa shape index (κ3) is 5.30. The maximum atomic E-state index is 12.2. The molecule has 2 rings (SSSR count). The van der Waals surface area contributed by atoms with E-state index in [1.165, 1.54) is 11.1 Å². The Morgan fingerprint density at radius 3 is 2.54 bits per heavy atom. The molecule has 0 saturated heterocycles. The van der Waals surface area contributed by atoms with Crippen molar-refractivity contribution in [3.63, 3.8) is 0 Å². The zero-order valence-electron chi connectivity index (χ0n) is 14.6. The average molecular weight is 326 g/mol. The maximum absolute atomic E-state index is 12.2. The van der Waals surface area contributed by atoms with Crippen LogP contribution in [0.5, 0.6) is 5.75 Å². The summed E-state index contributed by atoms with van der Waals surface area (Å²) in [5.41, 5.74) is 3.41. The molecule has 0 aliphatic carbocycles. The SMILES string of the molecule is CCc1cccc(NC(C)C(=O)NCCc2ccc(OC)cc2)c1. The molecule has 0 spiro atoms. The van der Waals surface area contributed by atoms with E-state index in [-0.39, 0.29) is 11.9 Å². The Balaban J connectivity index is 1.78. The molecule has 128 valence electrons. The molecule has 0 heterocycles. The topological polar surface area (TPSA) is 50.4 Å². The predicted molar refractivity (Wildman–Crippen MR) is 98.6 cm³/mol. The number of hydrogen-bond acceptors (Lipinski definition) is 3. The monoisotopic (exact) mass is 326 g/mol. The molecule has 1 unspecified atom stereocenters. The number of nitrogens with one attached hydrogen (secondary N) is 2. The molecular formula is C20H26N2O2. The fraction of sp³-hybridized carbons (Fsp3) is 0.350. The van der Waals surface area contributed by atoms with Gasteiger partial charge in [-0.2, -0.15) is 0 Å². The zero-order chi connectivity index (χ0) is 17.4. The third-order valence-corrected chi connectivity index (χ3v) is 3.98. The van der Waals surface area contributed by atoms with Crippen LogP contribution in [0.3, 0.4) is 0 Å². The largest absolute Gasteiger partial charge is 0.497 e. The van der Waals surface area contributed by atoms with Gasteiger partial charge in [-0.05, 0) is 55.2 Å². The summed E-state index contributed by atoms with van der Waals surface area (Å²) in [6.45, 7) is 4.61. The smallest absolute Gasteiger partial charge is 0.242 e. The molecule has 0 fully saturated rings. The molecule has 0 aliphatic heterocycles. The van der Waals surface area contributed by atoms with Crippen LogP contribution in [0, 0.1) is 0 Å². The zero-order valence-corrected chi connectivity index (χ0v) is 14.6. The molecule has 0 aromatic heterocycles. The van der Waals surface area contributed by atoms with Crippen LogP contribution < -0.4 is 15.4 Å². The second-order valence-corrected chi connectivity index (χ2v) is 5.81. The molecule has 4 heteroatoms. The lowest BCUT2D eigenvalue weighted by Gasteiger charge is -2.16. The van der Waals surface area contributed by atoms with Gasteiger partial charge >= 0.3 is 0 Å². The highest BCUT2D eigenvalue weighted by molar-refractivity contribution is 5.84.